The molecule has 2 heterocycles. The Morgan fingerprint density at radius 1 is 1.24 bits per heavy atom. The monoisotopic (exact) mass is 477 g/mol. The highest BCUT2D eigenvalue weighted by molar-refractivity contribution is 7.13. The van der Waals surface area contributed by atoms with E-state index in [-0.39, 0.29) is 11.8 Å². The number of carbonyl (C=O) groups is 2. The summed E-state index contributed by atoms with van der Waals surface area (Å²) in [7, 11) is 1.71. The van der Waals surface area contributed by atoms with Crippen molar-refractivity contribution in [2.75, 3.05) is 26.7 Å². The molecule has 178 valence electrons. The molecule has 1 saturated heterocycles. The molecule has 0 spiro atoms. The number of aliphatic imine (C=N–C) groups is 1. The lowest BCUT2D eigenvalue weighted by Crippen LogP contribution is -2.32. The molecule has 1 aliphatic heterocycles. The first kappa shape index (κ1) is 24.0. The molecule has 1 N–H and O–H groups in total. The fourth-order valence-electron chi connectivity index (χ4n) is 4.26. The minimum absolute atomic E-state index is 0.175. The van der Waals surface area contributed by atoms with Crippen LogP contribution in [0.2, 0.25) is 0 Å². The first-order valence-corrected chi connectivity index (χ1v) is 12.9. The minimum Gasteiger partial charge on any atom is -0.363 e. The third-order valence-corrected chi connectivity index (χ3v) is 7.57. The molecule has 2 amide bonds. The summed E-state index contributed by atoms with van der Waals surface area (Å²) in [5, 5.41) is 14.2. The Labute approximate surface area is 205 Å². The van der Waals surface area contributed by atoms with Crippen LogP contribution in [0, 0.1) is 17.2 Å². The van der Waals surface area contributed by atoms with Gasteiger partial charge in [0.25, 0.3) is 11.8 Å². The molecule has 8 heteroatoms. The van der Waals surface area contributed by atoms with Crippen molar-refractivity contribution in [3.63, 3.8) is 0 Å². The van der Waals surface area contributed by atoms with Gasteiger partial charge in [0.15, 0.2) is 0 Å². The molecule has 4 rings (SSSR count). The van der Waals surface area contributed by atoms with Gasteiger partial charge < -0.3 is 15.1 Å². The lowest BCUT2D eigenvalue weighted by molar-refractivity contribution is 0.0790. The third-order valence-electron chi connectivity index (χ3n) is 6.61. The van der Waals surface area contributed by atoms with Gasteiger partial charge in [0.05, 0.1) is 23.5 Å². The summed E-state index contributed by atoms with van der Waals surface area (Å²) in [6, 6.07) is 9.45. The Morgan fingerprint density at radius 3 is 2.71 bits per heavy atom. The van der Waals surface area contributed by atoms with Crippen LogP contribution in [0.1, 0.15) is 69.7 Å². The molecule has 7 nitrogen and oxygen atoms in total. The fourth-order valence-corrected chi connectivity index (χ4v) is 5.25. The molecule has 1 saturated carbocycles. The molecule has 0 radical (unpaired) electrons. The highest BCUT2D eigenvalue weighted by atomic mass is 32.1. The summed E-state index contributed by atoms with van der Waals surface area (Å²) < 4.78 is 0. The van der Waals surface area contributed by atoms with Crippen LogP contribution in [0.5, 0.6) is 0 Å². The smallest absolute Gasteiger partial charge is 0.266 e. The van der Waals surface area contributed by atoms with Gasteiger partial charge in [-0.1, -0.05) is 24.6 Å². The molecule has 1 aliphatic carbocycles. The first-order valence-electron chi connectivity index (χ1n) is 12.0. The summed E-state index contributed by atoms with van der Waals surface area (Å²) in [5.41, 5.74) is 2.22. The van der Waals surface area contributed by atoms with Gasteiger partial charge in [0.1, 0.15) is 10.6 Å². The van der Waals surface area contributed by atoms with Crippen molar-refractivity contribution in [2.45, 2.75) is 45.1 Å². The fraction of sp³-hybridized carbons (Fsp3) is 0.462. The SMILES string of the molecule is CN(Cc1ccccc1C#N)C(=O)c1scc(C(=O)NCC2CCC2)c1N=CN1CCCCC1. The van der Waals surface area contributed by atoms with Crippen molar-refractivity contribution >= 4 is 35.2 Å². The van der Waals surface area contributed by atoms with Crippen molar-refractivity contribution < 1.29 is 9.59 Å². The van der Waals surface area contributed by atoms with Gasteiger partial charge in [-0.25, -0.2) is 4.99 Å². The van der Waals surface area contributed by atoms with Crippen LogP contribution in [0.25, 0.3) is 0 Å². The number of piperidine rings is 1. The topological polar surface area (TPSA) is 88.8 Å². The van der Waals surface area contributed by atoms with Crippen LogP contribution >= 0.6 is 11.3 Å². The highest BCUT2D eigenvalue weighted by Crippen LogP contribution is 2.33. The van der Waals surface area contributed by atoms with E-state index in [1.165, 1.54) is 24.2 Å². The summed E-state index contributed by atoms with van der Waals surface area (Å²) in [4.78, 5) is 35.2. The van der Waals surface area contributed by atoms with Crippen LogP contribution in [0.4, 0.5) is 5.69 Å². The number of likely N-dealkylation sites (tertiary alicyclic amines) is 1. The van der Waals surface area contributed by atoms with E-state index in [2.05, 4.69) is 21.3 Å². The van der Waals surface area contributed by atoms with Gasteiger partial charge in [-0.2, -0.15) is 5.26 Å². The molecule has 2 fully saturated rings. The number of thiophene rings is 1. The Hall–Kier alpha value is -3.18. The van der Waals surface area contributed by atoms with Gasteiger partial charge in [0, 0.05) is 38.6 Å². The van der Waals surface area contributed by atoms with E-state index in [9.17, 15) is 14.9 Å². The maximum Gasteiger partial charge on any atom is 0.266 e. The quantitative estimate of drug-likeness (QED) is 0.446. The van der Waals surface area contributed by atoms with Crippen LogP contribution in [-0.2, 0) is 6.54 Å². The molecule has 0 bridgehead atoms. The van der Waals surface area contributed by atoms with Crippen LogP contribution in [0.3, 0.4) is 0 Å². The molecule has 1 aromatic carbocycles. The number of nitriles is 1. The Bertz CT molecular complexity index is 1090. The molecule has 2 aromatic rings. The highest BCUT2D eigenvalue weighted by Gasteiger charge is 2.26. The number of nitrogens with zero attached hydrogens (tertiary/aromatic N) is 4. The Balaban J connectivity index is 1.56. The van der Waals surface area contributed by atoms with Gasteiger partial charge in [0.2, 0.25) is 0 Å². The number of amides is 2. The number of rotatable bonds is 8. The second-order valence-corrected chi connectivity index (χ2v) is 9.99. The zero-order chi connectivity index (χ0) is 23.9. The summed E-state index contributed by atoms with van der Waals surface area (Å²) >= 11 is 1.25. The Morgan fingerprint density at radius 2 is 2.00 bits per heavy atom. The van der Waals surface area contributed by atoms with Gasteiger partial charge in [-0.05, 0) is 49.7 Å². The second-order valence-electron chi connectivity index (χ2n) is 9.11. The lowest BCUT2D eigenvalue weighted by atomic mass is 9.85. The van der Waals surface area contributed by atoms with E-state index in [4.69, 9.17) is 0 Å². The van der Waals surface area contributed by atoms with Gasteiger partial charge >= 0.3 is 0 Å². The van der Waals surface area contributed by atoms with Crippen molar-refractivity contribution in [1.29, 1.82) is 5.26 Å². The van der Waals surface area contributed by atoms with E-state index in [0.717, 1.165) is 44.3 Å². The Kier molecular flexibility index (Phi) is 7.96. The molecule has 1 aromatic heterocycles. The zero-order valence-corrected chi connectivity index (χ0v) is 20.4. The summed E-state index contributed by atoms with van der Waals surface area (Å²) in [6.07, 6.45) is 8.78. The number of carbonyl (C=O) groups excluding carboxylic acids is 2. The zero-order valence-electron chi connectivity index (χ0n) is 19.6. The van der Waals surface area contributed by atoms with Crippen molar-refractivity contribution in [2.24, 2.45) is 10.9 Å². The van der Waals surface area contributed by atoms with Crippen LogP contribution < -0.4 is 5.32 Å². The number of hydrogen-bond donors (Lipinski definition) is 1. The molecule has 2 aliphatic rings. The molecule has 34 heavy (non-hydrogen) atoms. The summed E-state index contributed by atoms with van der Waals surface area (Å²) in [6.45, 7) is 2.84. The predicted molar refractivity (Wildman–Crippen MR) is 135 cm³/mol. The second kappa shape index (κ2) is 11.3. The van der Waals surface area contributed by atoms with Crippen molar-refractivity contribution in [3.8, 4) is 6.07 Å². The summed E-state index contributed by atoms with van der Waals surface area (Å²) in [5.74, 6) is 0.169. The maximum absolute atomic E-state index is 13.4. The first-order chi connectivity index (χ1) is 16.6. The average molecular weight is 478 g/mol. The standard InChI is InChI=1S/C26H31N5O2S/c1-30(16-21-11-4-3-10-20(21)14-27)26(33)24-23(29-18-31-12-5-2-6-13-31)22(17-34-24)25(32)28-15-19-8-7-9-19/h3-4,10-11,17-19H,2,5-9,12-13,15-16H2,1H3,(H,28,32). The van der Waals surface area contributed by atoms with Gasteiger partial charge in [-0.15, -0.1) is 11.3 Å². The lowest BCUT2D eigenvalue weighted by Gasteiger charge is -2.25. The van der Waals surface area contributed by atoms with Crippen molar-refractivity contribution in [3.05, 3.63) is 51.2 Å². The molecule has 0 unspecified atom stereocenters. The number of hydrogen-bond acceptors (Lipinski definition) is 5. The van der Waals surface area contributed by atoms with Crippen molar-refractivity contribution in [1.82, 2.24) is 15.1 Å². The molecular formula is C26H31N5O2S. The largest absolute Gasteiger partial charge is 0.363 e. The molecular weight excluding hydrogens is 446 g/mol. The van der Waals surface area contributed by atoms with Crippen LogP contribution in [0.15, 0.2) is 34.6 Å². The number of nitrogens with one attached hydrogen (secondary N) is 1. The van der Waals surface area contributed by atoms with E-state index >= 15 is 0 Å². The van der Waals surface area contributed by atoms with E-state index in [1.54, 1.807) is 29.7 Å². The number of benzene rings is 1. The third kappa shape index (κ3) is 5.65. The minimum atomic E-state index is -0.207. The van der Waals surface area contributed by atoms with Crippen LogP contribution in [-0.4, -0.2) is 54.6 Å². The normalized spacial score (nSPS) is 16.2. The molecule has 0 atom stereocenters. The van der Waals surface area contributed by atoms with E-state index < -0.39 is 0 Å². The van der Waals surface area contributed by atoms with Gasteiger partial charge in [-0.3, -0.25) is 9.59 Å². The van der Waals surface area contributed by atoms with E-state index in [0.29, 0.717) is 40.7 Å². The predicted octanol–water partition coefficient (Wildman–Crippen LogP) is 4.57. The average Bonchev–Trinajstić information content (AvgIpc) is 3.26. The van der Waals surface area contributed by atoms with E-state index in [1.807, 2.05) is 18.2 Å². The maximum atomic E-state index is 13.4.